The molecular weight excluding hydrogens is 423 g/mol. The van der Waals surface area contributed by atoms with Crippen molar-refractivity contribution in [3.8, 4) is 11.8 Å². The number of halogens is 2. The molecule has 0 radical (unpaired) electrons. The van der Waals surface area contributed by atoms with Crippen molar-refractivity contribution in [1.82, 2.24) is 4.98 Å². The van der Waals surface area contributed by atoms with Gasteiger partial charge in [-0.2, -0.15) is 0 Å². The lowest BCUT2D eigenvalue weighted by molar-refractivity contribution is 0.104. The lowest BCUT2D eigenvalue weighted by Crippen LogP contribution is -2.27. The molecule has 1 aliphatic rings. The molecule has 4 rings (SSSR count). The second kappa shape index (κ2) is 8.72. The van der Waals surface area contributed by atoms with Gasteiger partial charge in [-0.05, 0) is 53.6 Å². The van der Waals surface area contributed by atoms with Gasteiger partial charge in [-0.3, -0.25) is 9.78 Å². The highest BCUT2D eigenvalue weighted by atomic mass is 35.5. The molecule has 30 heavy (non-hydrogen) atoms. The van der Waals surface area contributed by atoms with E-state index in [1.54, 1.807) is 30.6 Å². The lowest BCUT2D eigenvalue weighted by Gasteiger charge is -2.21. The van der Waals surface area contributed by atoms with Crippen LogP contribution in [0.5, 0.6) is 0 Å². The molecule has 4 nitrogen and oxygen atoms in total. The molecule has 7 heteroatoms. The summed E-state index contributed by atoms with van der Waals surface area (Å²) in [6.07, 6.45) is 5.43. The zero-order valence-electron chi connectivity index (χ0n) is 15.5. The second-order valence-electron chi connectivity index (χ2n) is 6.48. The molecule has 148 valence electrons. The van der Waals surface area contributed by atoms with Crippen LogP contribution in [0.1, 0.15) is 27.0 Å². The fourth-order valence-electron chi connectivity index (χ4n) is 2.89. The number of allylic oxidation sites excluding steroid dienone is 1. The number of Topliss-reactive ketones (excluding diaryl/α,β-unsaturated/α-hetero) is 1. The van der Waals surface area contributed by atoms with Crippen LogP contribution in [0.25, 0.3) is 6.08 Å². The van der Waals surface area contributed by atoms with Crippen LogP contribution < -0.4 is 4.72 Å². The van der Waals surface area contributed by atoms with Gasteiger partial charge in [0.1, 0.15) is 17.2 Å². The molecule has 3 aromatic rings. The summed E-state index contributed by atoms with van der Waals surface area (Å²) >= 11 is 4.06. The summed E-state index contributed by atoms with van der Waals surface area (Å²) in [7, 11) is 0. The molecular formula is C23H14ClFN2O2S. The minimum atomic E-state index is -1.74. The minimum absolute atomic E-state index is 0.0621. The first kappa shape index (κ1) is 20.2. The molecule has 0 amide bonds. The van der Waals surface area contributed by atoms with Gasteiger partial charge in [0, 0.05) is 30.5 Å². The average molecular weight is 437 g/mol. The first-order valence-corrected chi connectivity index (χ1v) is 10.5. The Balaban J connectivity index is 1.61. The summed E-state index contributed by atoms with van der Waals surface area (Å²) in [6.45, 7) is 0. The third kappa shape index (κ3) is 4.39. The van der Waals surface area contributed by atoms with E-state index in [0.29, 0.717) is 28.8 Å². The van der Waals surface area contributed by atoms with Gasteiger partial charge in [0.25, 0.3) is 0 Å². The number of hydrogen-bond donors (Lipinski definition) is 1. The van der Waals surface area contributed by atoms with Gasteiger partial charge in [-0.15, -0.1) is 0 Å². The molecule has 1 aliphatic heterocycles. The number of fused-ring (bicyclic) bond motifs is 1. The summed E-state index contributed by atoms with van der Waals surface area (Å²) in [6, 6.07) is 13.0. The van der Waals surface area contributed by atoms with Crippen LogP contribution in [-0.4, -0.2) is 15.3 Å². The molecule has 0 saturated carbocycles. The van der Waals surface area contributed by atoms with E-state index in [9.17, 15) is 13.7 Å². The molecule has 1 atom stereocenters. The highest BCUT2D eigenvalue weighted by Crippen LogP contribution is 2.31. The van der Waals surface area contributed by atoms with Crippen LogP contribution in [0.4, 0.5) is 10.1 Å². The van der Waals surface area contributed by atoms with Crippen molar-refractivity contribution in [3.63, 3.8) is 0 Å². The maximum atomic E-state index is 13.4. The quantitative estimate of drug-likeness (QED) is 0.356. The fourth-order valence-corrected chi connectivity index (χ4v) is 4.09. The number of pyridine rings is 1. The third-order valence-corrected chi connectivity index (χ3v) is 5.80. The zero-order chi connectivity index (χ0) is 21.1. The Hall–Kier alpha value is -3.11. The molecule has 0 saturated heterocycles. The van der Waals surface area contributed by atoms with Crippen LogP contribution >= 0.6 is 11.6 Å². The molecule has 0 aliphatic carbocycles. The largest absolute Gasteiger partial charge is 0.588 e. The van der Waals surface area contributed by atoms with E-state index in [-0.39, 0.29) is 15.7 Å². The van der Waals surface area contributed by atoms with E-state index < -0.39 is 17.2 Å². The number of anilines is 1. The van der Waals surface area contributed by atoms with Gasteiger partial charge in [-0.1, -0.05) is 29.5 Å². The van der Waals surface area contributed by atoms with Gasteiger partial charge in [0.2, 0.25) is 10.7 Å². The highest BCUT2D eigenvalue weighted by Gasteiger charge is 2.33. The topological polar surface area (TPSA) is 65.0 Å². The van der Waals surface area contributed by atoms with Crippen molar-refractivity contribution in [1.29, 1.82) is 0 Å². The lowest BCUT2D eigenvalue weighted by atomic mass is 10.0. The highest BCUT2D eigenvalue weighted by molar-refractivity contribution is 7.97. The van der Waals surface area contributed by atoms with Gasteiger partial charge < -0.3 is 4.55 Å². The predicted molar refractivity (Wildman–Crippen MR) is 117 cm³/mol. The Morgan fingerprint density at radius 3 is 2.73 bits per heavy atom. The molecule has 0 spiro atoms. The summed E-state index contributed by atoms with van der Waals surface area (Å²) in [5.41, 5.74) is 3.07. The molecule has 0 fully saturated rings. The standard InChI is InChI=1S/C23H14ClFN2O2S/c24-19-13-17(4-6-20(19)25)14-22-23(28)18-12-16(5-7-21(18)27-30(22)29)3-1-2-15-8-10-26-11-9-15/h4-14,27H,2H2/b22-14+. The number of carbonyl (C=O) groups is 1. The smallest absolute Gasteiger partial charge is 0.245 e. The maximum absolute atomic E-state index is 13.4. The third-order valence-electron chi connectivity index (χ3n) is 4.41. The van der Waals surface area contributed by atoms with E-state index in [1.165, 1.54) is 24.3 Å². The zero-order valence-corrected chi connectivity index (χ0v) is 17.1. The van der Waals surface area contributed by atoms with Gasteiger partial charge in [0.05, 0.1) is 16.3 Å². The number of aromatic nitrogens is 1. The van der Waals surface area contributed by atoms with Crippen molar-refractivity contribution in [3.05, 3.63) is 98.9 Å². The normalized spacial score (nSPS) is 16.4. The van der Waals surface area contributed by atoms with Crippen molar-refractivity contribution in [2.24, 2.45) is 0 Å². The van der Waals surface area contributed by atoms with Crippen LogP contribution in [0.15, 0.2) is 65.8 Å². The number of ketones is 1. The van der Waals surface area contributed by atoms with Crippen LogP contribution in [-0.2, 0) is 17.8 Å². The Morgan fingerprint density at radius 2 is 1.97 bits per heavy atom. The van der Waals surface area contributed by atoms with Gasteiger partial charge in [-0.25, -0.2) is 9.11 Å². The number of nitrogens with zero attached hydrogens (tertiary/aromatic N) is 1. The number of rotatable bonds is 2. The van der Waals surface area contributed by atoms with E-state index in [4.69, 9.17) is 11.6 Å². The molecule has 2 aromatic carbocycles. The fraction of sp³-hybridized carbons (Fsp3) is 0.0435. The number of hydrogen-bond acceptors (Lipinski definition) is 4. The summed E-state index contributed by atoms with van der Waals surface area (Å²) in [5, 5.41) is -0.0708. The average Bonchev–Trinajstić information content (AvgIpc) is 2.75. The van der Waals surface area contributed by atoms with E-state index in [0.717, 1.165) is 5.56 Å². The first-order chi connectivity index (χ1) is 14.5. The first-order valence-electron chi connectivity index (χ1n) is 8.93. The number of nitrogens with one attached hydrogen (secondary N) is 1. The number of carbonyl (C=O) groups excluding carboxylic acids is 1. The monoisotopic (exact) mass is 436 g/mol. The van der Waals surface area contributed by atoms with Crippen molar-refractivity contribution >= 4 is 40.5 Å². The molecule has 1 N–H and O–H groups in total. The van der Waals surface area contributed by atoms with E-state index in [2.05, 4.69) is 21.5 Å². The Bertz CT molecular complexity index is 1220. The molecule has 0 bridgehead atoms. The van der Waals surface area contributed by atoms with Crippen molar-refractivity contribution in [2.45, 2.75) is 6.42 Å². The summed E-state index contributed by atoms with van der Waals surface area (Å²) in [4.78, 5) is 17.0. The Labute approximate surface area is 181 Å². The van der Waals surface area contributed by atoms with Crippen molar-refractivity contribution < 1.29 is 13.7 Å². The number of benzene rings is 2. The SMILES string of the molecule is O=C1/C(=C\c2ccc(F)c(Cl)c2)[S+]([O-])Nc2ccc(C#CCc3ccncc3)cc21. The van der Waals surface area contributed by atoms with Gasteiger partial charge >= 0.3 is 0 Å². The Kier molecular flexibility index (Phi) is 5.86. The minimum Gasteiger partial charge on any atom is -0.588 e. The predicted octanol–water partition coefficient (Wildman–Crippen LogP) is 4.78. The Morgan fingerprint density at radius 1 is 1.17 bits per heavy atom. The summed E-state index contributed by atoms with van der Waals surface area (Å²) < 4.78 is 28.7. The van der Waals surface area contributed by atoms with Crippen molar-refractivity contribution in [2.75, 3.05) is 4.72 Å². The maximum Gasteiger partial charge on any atom is 0.245 e. The van der Waals surface area contributed by atoms with E-state index >= 15 is 0 Å². The molecule has 1 unspecified atom stereocenters. The second-order valence-corrected chi connectivity index (χ2v) is 8.07. The van der Waals surface area contributed by atoms with E-state index in [1.807, 2.05) is 12.1 Å². The van der Waals surface area contributed by atoms with Gasteiger partial charge in [0.15, 0.2) is 0 Å². The summed E-state index contributed by atoms with van der Waals surface area (Å²) in [5.74, 6) is 5.19. The van der Waals surface area contributed by atoms with Crippen LogP contribution in [0.3, 0.4) is 0 Å². The molecule has 2 heterocycles. The van der Waals surface area contributed by atoms with Crippen LogP contribution in [0.2, 0.25) is 5.02 Å². The molecule has 1 aromatic heterocycles. The van der Waals surface area contributed by atoms with Crippen LogP contribution in [0, 0.1) is 17.7 Å².